The summed E-state index contributed by atoms with van der Waals surface area (Å²) < 4.78 is 11.2. The molecule has 1 heterocycles. The predicted octanol–water partition coefficient (Wildman–Crippen LogP) is 3.72. The molecule has 0 amide bonds. The largest absolute Gasteiger partial charge is 0.494 e. The standard InChI is InChI=1S/C17H15NO3/c1-2-20-12-6-8-13(9-7-12)21-16-5-3-4-14-15(19)10-11-18-17(14)16/h3-11H,2H2,1H3,(H,18,19). The Morgan fingerprint density at radius 3 is 2.52 bits per heavy atom. The number of aromatic amines is 1. The zero-order valence-electron chi connectivity index (χ0n) is 11.6. The van der Waals surface area contributed by atoms with Gasteiger partial charge in [-0.2, -0.15) is 0 Å². The van der Waals surface area contributed by atoms with E-state index < -0.39 is 0 Å². The van der Waals surface area contributed by atoms with Gasteiger partial charge < -0.3 is 14.5 Å². The summed E-state index contributed by atoms with van der Waals surface area (Å²) in [6.07, 6.45) is 1.62. The fourth-order valence-corrected chi connectivity index (χ4v) is 2.16. The Balaban J connectivity index is 1.94. The van der Waals surface area contributed by atoms with Crippen molar-refractivity contribution >= 4 is 10.9 Å². The molecule has 0 radical (unpaired) electrons. The van der Waals surface area contributed by atoms with Crippen LogP contribution in [0.3, 0.4) is 0 Å². The lowest BCUT2D eigenvalue weighted by molar-refractivity contribution is 0.339. The highest BCUT2D eigenvalue weighted by Crippen LogP contribution is 2.28. The molecule has 3 aromatic rings. The Morgan fingerprint density at radius 1 is 1.00 bits per heavy atom. The Kier molecular flexibility index (Phi) is 3.60. The first-order chi connectivity index (χ1) is 10.3. The number of pyridine rings is 1. The lowest BCUT2D eigenvalue weighted by Gasteiger charge is -2.09. The van der Waals surface area contributed by atoms with Crippen LogP contribution >= 0.6 is 0 Å². The van der Waals surface area contributed by atoms with Gasteiger partial charge in [-0.05, 0) is 43.3 Å². The first-order valence-corrected chi connectivity index (χ1v) is 6.79. The van der Waals surface area contributed by atoms with Crippen LogP contribution in [0, 0.1) is 0 Å². The molecule has 4 heteroatoms. The molecular formula is C17H15NO3. The van der Waals surface area contributed by atoms with E-state index >= 15 is 0 Å². The van der Waals surface area contributed by atoms with Crippen molar-refractivity contribution in [3.8, 4) is 17.2 Å². The van der Waals surface area contributed by atoms with Gasteiger partial charge in [0.05, 0.1) is 12.1 Å². The van der Waals surface area contributed by atoms with E-state index in [2.05, 4.69) is 4.98 Å². The number of rotatable bonds is 4. The lowest BCUT2D eigenvalue weighted by atomic mass is 10.2. The first-order valence-electron chi connectivity index (χ1n) is 6.79. The number of hydrogen-bond acceptors (Lipinski definition) is 3. The molecule has 0 saturated heterocycles. The van der Waals surface area contributed by atoms with E-state index in [1.807, 2.05) is 43.3 Å². The molecule has 4 nitrogen and oxygen atoms in total. The van der Waals surface area contributed by atoms with Crippen LogP contribution in [0.15, 0.2) is 59.5 Å². The van der Waals surface area contributed by atoms with E-state index in [4.69, 9.17) is 9.47 Å². The fraction of sp³-hybridized carbons (Fsp3) is 0.118. The van der Waals surface area contributed by atoms with Crippen LogP contribution in [-0.4, -0.2) is 11.6 Å². The molecule has 0 saturated carbocycles. The molecule has 2 aromatic carbocycles. The van der Waals surface area contributed by atoms with Gasteiger partial charge in [0.25, 0.3) is 0 Å². The van der Waals surface area contributed by atoms with E-state index in [0.717, 1.165) is 5.75 Å². The molecule has 3 rings (SSSR count). The maximum absolute atomic E-state index is 11.8. The molecule has 1 N–H and O–H groups in total. The van der Waals surface area contributed by atoms with Gasteiger partial charge in [-0.3, -0.25) is 4.79 Å². The molecule has 0 aliphatic rings. The number of fused-ring (bicyclic) bond motifs is 1. The van der Waals surface area contributed by atoms with Crippen molar-refractivity contribution in [1.29, 1.82) is 0 Å². The molecule has 106 valence electrons. The number of ether oxygens (including phenoxy) is 2. The van der Waals surface area contributed by atoms with Gasteiger partial charge in [0.2, 0.25) is 0 Å². The smallest absolute Gasteiger partial charge is 0.189 e. The first kappa shape index (κ1) is 13.2. The summed E-state index contributed by atoms with van der Waals surface area (Å²) in [5.41, 5.74) is 0.666. The number of nitrogens with one attached hydrogen (secondary N) is 1. The van der Waals surface area contributed by atoms with Crippen molar-refractivity contribution in [2.45, 2.75) is 6.92 Å². The average molecular weight is 281 g/mol. The Bertz CT molecular complexity index is 806. The number of para-hydroxylation sites is 1. The van der Waals surface area contributed by atoms with Gasteiger partial charge in [0.15, 0.2) is 11.2 Å². The van der Waals surface area contributed by atoms with Gasteiger partial charge >= 0.3 is 0 Å². The Morgan fingerprint density at radius 2 is 1.76 bits per heavy atom. The van der Waals surface area contributed by atoms with Crippen LogP contribution in [0.5, 0.6) is 17.2 Å². The summed E-state index contributed by atoms with van der Waals surface area (Å²) in [6.45, 7) is 2.57. The highest BCUT2D eigenvalue weighted by Gasteiger charge is 2.06. The van der Waals surface area contributed by atoms with E-state index in [9.17, 15) is 4.79 Å². The number of aromatic nitrogens is 1. The summed E-state index contributed by atoms with van der Waals surface area (Å²) in [6, 6.07) is 14.3. The zero-order chi connectivity index (χ0) is 14.7. The van der Waals surface area contributed by atoms with Crippen LogP contribution in [-0.2, 0) is 0 Å². The van der Waals surface area contributed by atoms with Gasteiger partial charge in [-0.25, -0.2) is 0 Å². The maximum atomic E-state index is 11.8. The van der Waals surface area contributed by atoms with E-state index in [-0.39, 0.29) is 5.43 Å². The highest BCUT2D eigenvalue weighted by atomic mass is 16.5. The zero-order valence-corrected chi connectivity index (χ0v) is 11.6. The van der Waals surface area contributed by atoms with Crippen molar-refractivity contribution in [2.75, 3.05) is 6.61 Å². The number of hydrogen-bond donors (Lipinski definition) is 1. The van der Waals surface area contributed by atoms with Crippen LogP contribution in [0.4, 0.5) is 0 Å². The average Bonchev–Trinajstić information content (AvgIpc) is 2.51. The van der Waals surface area contributed by atoms with E-state index in [0.29, 0.717) is 29.0 Å². The minimum atomic E-state index is -0.0270. The molecule has 0 spiro atoms. The quantitative estimate of drug-likeness (QED) is 0.793. The van der Waals surface area contributed by atoms with Crippen molar-refractivity contribution in [1.82, 2.24) is 4.98 Å². The molecule has 0 aliphatic heterocycles. The van der Waals surface area contributed by atoms with E-state index in [1.54, 1.807) is 12.3 Å². The van der Waals surface area contributed by atoms with Crippen LogP contribution < -0.4 is 14.9 Å². The second-order valence-electron chi connectivity index (χ2n) is 4.53. The van der Waals surface area contributed by atoms with Gasteiger partial charge in [0.1, 0.15) is 11.5 Å². The SMILES string of the molecule is CCOc1ccc(Oc2cccc3c(=O)cc[nH]c23)cc1. The van der Waals surface area contributed by atoms with Crippen molar-refractivity contribution in [3.63, 3.8) is 0 Å². The van der Waals surface area contributed by atoms with E-state index in [1.165, 1.54) is 6.07 Å². The number of H-pyrrole nitrogens is 1. The van der Waals surface area contributed by atoms with Crippen molar-refractivity contribution < 1.29 is 9.47 Å². The molecule has 21 heavy (non-hydrogen) atoms. The van der Waals surface area contributed by atoms with Gasteiger partial charge in [-0.15, -0.1) is 0 Å². The minimum Gasteiger partial charge on any atom is -0.494 e. The second-order valence-corrected chi connectivity index (χ2v) is 4.53. The molecular weight excluding hydrogens is 266 g/mol. The summed E-state index contributed by atoms with van der Waals surface area (Å²) in [5, 5.41) is 0.612. The second kappa shape index (κ2) is 5.71. The van der Waals surface area contributed by atoms with Crippen LogP contribution in [0.25, 0.3) is 10.9 Å². The summed E-state index contributed by atoms with van der Waals surface area (Å²) >= 11 is 0. The van der Waals surface area contributed by atoms with Crippen LogP contribution in [0.1, 0.15) is 6.92 Å². The van der Waals surface area contributed by atoms with Crippen molar-refractivity contribution in [3.05, 3.63) is 65.0 Å². The van der Waals surface area contributed by atoms with Crippen LogP contribution in [0.2, 0.25) is 0 Å². The normalized spacial score (nSPS) is 10.5. The predicted molar refractivity (Wildman–Crippen MR) is 82.3 cm³/mol. The minimum absolute atomic E-state index is 0.0270. The number of benzene rings is 2. The topological polar surface area (TPSA) is 51.3 Å². The molecule has 0 atom stereocenters. The third kappa shape index (κ3) is 2.74. The Labute approximate surface area is 122 Å². The summed E-state index contributed by atoms with van der Waals surface area (Å²) in [4.78, 5) is 14.9. The molecule has 1 aromatic heterocycles. The van der Waals surface area contributed by atoms with Gasteiger partial charge in [0, 0.05) is 17.6 Å². The van der Waals surface area contributed by atoms with Gasteiger partial charge in [-0.1, -0.05) is 6.07 Å². The maximum Gasteiger partial charge on any atom is 0.189 e. The third-order valence-corrected chi connectivity index (χ3v) is 3.12. The highest BCUT2D eigenvalue weighted by molar-refractivity contribution is 5.84. The lowest BCUT2D eigenvalue weighted by Crippen LogP contribution is -2.00. The third-order valence-electron chi connectivity index (χ3n) is 3.12. The molecule has 0 aliphatic carbocycles. The molecule has 0 fully saturated rings. The Hall–Kier alpha value is -2.75. The van der Waals surface area contributed by atoms with Crippen molar-refractivity contribution in [2.24, 2.45) is 0 Å². The monoisotopic (exact) mass is 281 g/mol. The molecule has 0 bridgehead atoms. The fourth-order valence-electron chi connectivity index (χ4n) is 2.16. The molecule has 0 unspecified atom stereocenters. The summed E-state index contributed by atoms with van der Waals surface area (Å²) in [5.74, 6) is 2.11. The summed E-state index contributed by atoms with van der Waals surface area (Å²) in [7, 11) is 0.